The highest BCUT2D eigenvalue weighted by Gasteiger charge is 2.36. The number of pyridine rings is 1. The van der Waals surface area contributed by atoms with Crippen molar-refractivity contribution >= 4 is 17.3 Å². The van der Waals surface area contributed by atoms with Crippen molar-refractivity contribution in [2.75, 3.05) is 37.0 Å². The van der Waals surface area contributed by atoms with Gasteiger partial charge in [-0.15, -0.1) is 0 Å². The molecule has 2 aromatic rings. The molecule has 0 bridgehead atoms. The van der Waals surface area contributed by atoms with Crippen molar-refractivity contribution < 1.29 is 9.53 Å². The van der Waals surface area contributed by atoms with E-state index < -0.39 is 6.10 Å². The zero-order valence-electron chi connectivity index (χ0n) is 20.5. The third kappa shape index (κ3) is 5.16. The van der Waals surface area contributed by atoms with Crippen LogP contribution in [0.1, 0.15) is 64.0 Å². The van der Waals surface area contributed by atoms with Crippen LogP contribution in [-0.4, -0.2) is 55.1 Å². The highest BCUT2D eigenvalue weighted by atomic mass is 16.5. The zero-order valence-corrected chi connectivity index (χ0v) is 20.5. The smallest absolute Gasteiger partial charge is 0.273 e. The fourth-order valence-electron chi connectivity index (χ4n) is 5.31. The summed E-state index contributed by atoms with van der Waals surface area (Å²) in [5.41, 5.74) is 2.62. The van der Waals surface area contributed by atoms with E-state index in [2.05, 4.69) is 23.7 Å². The fraction of sp³-hybridized carbons (Fsp3) is 0.556. The van der Waals surface area contributed by atoms with Crippen LogP contribution >= 0.6 is 0 Å². The second-order valence-corrected chi connectivity index (χ2v) is 9.71. The average molecular weight is 451 g/mol. The number of ether oxygens (including phenoxy) is 1. The maximum Gasteiger partial charge on any atom is 0.273 e. The topological polar surface area (TPSA) is 48.9 Å². The van der Waals surface area contributed by atoms with Gasteiger partial charge in [-0.2, -0.15) is 0 Å². The Morgan fingerprint density at radius 3 is 2.52 bits per heavy atom. The number of carbonyl (C=O) groups is 1. The minimum absolute atomic E-state index is 0.0110. The number of benzene rings is 1. The number of unbranched alkanes of at least 4 members (excludes halogenated alkanes) is 2. The van der Waals surface area contributed by atoms with Crippen LogP contribution in [0.15, 0.2) is 42.7 Å². The van der Waals surface area contributed by atoms with Gasteiger partial charge >= 0.3 is 0 Å². The first kappa shape index (κ1) is 23.6. The van der Waals surface area contributed by atoms with Gasteiger partial charge in [-0.05, 0) is 64.3 Å². The van der Waals surface area contributed by atoms with Crippen LogP contribution in [0.4, 0.5) is 11.4 Å². The number of fused-ring (bicyclic) bond motifs is 1. The number of likely N-dealkylation sites (tertiary alicyclic amines) is 1. The monoisotopic (exact) mass is 450 g/mol. The molecule has 1 amide bonds. The molecule has 2 aliphatic rings. The highest BCUT2D eigenvalue weighted by Crippen LogP contribution is 2.40. The Labute approximate surface area is 198 Å². The van der Waals surface area contributed by atoms with E-state index in [1.165, 1.54) is 25.7 Å². The number of piperidine rings is 1. The van der Waals surface area contributed by atoms with Gasteiger partial charge in [0.15, 0.2) is 0 Å². The number of hydrogen-bond acceptors (Lipinski definition) is 5. The van der Waals surface area contributed by atoms with Gasteiger partial charge in [0.05, 0.1) is 5.69 Å². The predicted molar refractivity (Wildman–Crippen MR) is 134 cm³/mol. The molecular formula is C27H38N4O2. The number of hydrogen-bond donors (Lipinski definition) is 0. The molecule has 0 spiro atoms. The van der Waals surface area contributed by atoms with Crippen molar-refractivity contribution in [1.29, 1.82) is 0 Å². The number of rotatable bonds is 8. The van der Waals surface area contributed by atoms with Gasteiger partial charge in [0.25, 0.3) is 5.91 Å². The van der Waals surface area contributed by atoms with E-state index in [4.69, 9.17) is 4.74 Å². The maximum absolute atomic E-state index is 13.6. The van der Waals surface area contributed by atoms with Crippen LogP contribution in [0.25, 0.3) is 0 Å². The second kappa shape index (κ2) is 10.6. The summed E-state index contributed by atoms with van der Waals surface area (Å²) in [5.74, 6) is 0.745. The Kier molecular flexibility index (Phi) is 7.53. The summed E-state index contributed by atoms with van der Waals surface area (Å²) in [4.78, 5) is 24.5. The summed E-state index contributed by atoms with van der Waals surface area (Å²) in [6.45, 7) is 6.58. The molecule has 3 atom stereocenters. The summed E-state index contributed by atoms with van der Waals surface area (Å²) in [6.07, 6.45) is 10.1. The average Bonchev–Trinajstić information content (AvgIpc) is 2.81. The molecular weight excluding hydrogens is 412 g/mol. The summed E-state index contributed by atoms with van der Waals surface area (Å²) in [7, 11) is 3.95. The molecule has 3 heterocycles. The first-order chi connectivity index (χ1) is 16.0. The van der Waals surface area contributed by atoms with Gasteiger partial charge in [-0.25, -0.2) is 0 Å². The van der Waals surface area contributed by atoms with E-state index in [0.29, 0.717) is 18.6 Å². The molecule has 0 aliphatic carbocycles. The Morgan fingerprint density at radius 1 is 1.03 bits per heavy atom. The molecule has 4 rings (SSSR count). The fourth-order valence-corrected chi connectivity index (χ4v) is 5.31. The molecule has 1 saturated heterocycles. The third-order valence-electron chi connectivity index (χ3n) is 7.16. The van der Waals surface area contributed by atoms with Crippen molar-refractivity contribution in [2.45, 2.75) is 70.6 Å². The van der Waals surface area contributed by atoms with E-state index >= 15 is 0 Å². The molecule has 1 aromatic carbocycles. The van der Waals surface area contributed by atoms with E-state index in [1.807, 2.05) is 54.2 Å². The first-order valence-electron chi connectivity index (χ1n) is 12.4. The lowest BCUT2D eigenvalue weighted by Gasteiger charge is -2.39. The summed E-state index contributed by atoms with van der Waals surface area (Å²) in [5, 5.41) is 0. The number of aromatic nitrogens is 1. The van der Waals surface area contributed by atoms with Crippen LogP contribution in [0.2, 0.25) is 0 Å². The van der Waals surface area contributed by atoms with E-state index in [1.54, 1.807) is 12.4 Å². The van der Waals surface area contributed by atoms with Crippen molar-refractivity contribution in [3.63, 3.8) is 0 Å². The minimum Gasteiger partial charge on any atom is -0.473 e. The molecule has 6 heteroatoms. The van der Waals surface area contributed by atoms with Crippen LogP contribution in [-0.2, 0) is 4.79 Å². The van der Waals surface area contributed by atoms with Gasteiger partial charge in [0.2, 0.25) is 6.10 Å². The van der Waals surface area contributed by atoms with E-state index in [9.17, 15) is 4.79 Å². The summed E-state index contributed by atoms with van der Waals surface area (Å²) < 4.78 is 6.22. The number of carbonyl (C=O) groups excluding carboxylic acids is 1. The van der Waals surface area contributed by atoms with Crippen molar-refractivity contribution in [1.82, 2.24) is 9.88 Å². The van der Waals surface area contributed by atoms with Crippen molar-refractivity contribution in [2.24, 2.45) is 0 Å². The second-order valence-electron chi connectivity index (χ2n) is 9.71. The molecule has 0 radical (unpaired) electrons. The number of nitrogens with zero attached hydrogens (tertiary/aromatic N) is 4. The Morgan fingerprint density at radius 2 is 1.76 bits per heavy atom. The molecule has 1 aromatic heterocycles. The van der Waals surface area contributed by atoms with Crippen LogP contribution in [0.5, 0.6) is 5.75 Å². The number of para-hydroxylation sites is 2. The standard InChI is InChI=1S/C27H38N4O2/c1-20-11-10-12-21(2)30(20)17-8-5-9-18-31-24-13-6-7-14-25(24)33-26(27(31)32)22-19-28-16-15-23(22)29(3)4/h6-7,13-16,19-21,26H,5,8-12,17-18H2,1-4H3/t20-,21+,26?. The van der Waals surface area contributed by atoms with Crippen LogP contribution in [0, 0.1) is 0 Å². The van der Waals surface area contributed by atoms with Crippen LogP contribution < -0.4 is 14.5 Å². The van der Waals surface area contributed by atoms with Gasteiger partial charge in [0, 0.05) is 56.4 Å². The SMILES string of the molecule is C[C@@H]1CCC[C@H](C)N1CCCCCN1C(=O)C(c2cnccc2N(C)C)Oc2ccccc21. The summed E-state index contributed by atoms with van der Waals surface area (Å²) in [6, 6.07) is 11.2. The first-order valence-corrected chi connectivity index (χ1v) is 12.4. The van der Waals surface area contributed by atoms with Gasteiger partial charge in [-0.3, -0.25) is 14.7 Å². The Hall–Kier alpha value is -2.60. The molecule has 0 N–H and O–H groups in total. The van der Waals surface area contributed by atoms with Crippen molar-refractivity contribution in [3.05, 3.63) is 48.3 Å². The summed E-state index contributed by atoms with van der Waals surface area (Å²) >= 11 is 0. The van der Waals surface area contributed by atoms with Gasteiger partial charge in [-0.1, -0.05) is 25.0 Å². The maximum atomic E-state index is 13.6. The lowest BCUT2D eigenvalue weighted by molar-refractivity contribution is -0.126. The highest BCUT2D eigenvalue weighted by molar-refractivity contribution is 6.01. The zero-order chi connectivity index (χ0) is 23.4. The Balaban J connectivity index is 1.43. The molecule has 1 unspecified atom stereocenters. The quantitative estimate of drug-likeness (QED) is 0.527. The largest absolute Gasteiger partial charge is 0.473 e. The number of amides is 1. The third-order valence-corrected chi connectivity index (χ3v) is 7.16. The molecule has 1 fully saturated rings. The Bertz CT molecular complexity index is 937. The molecule has 33 heavy (non-hydrogen) atoms. The van der Waals surface area contributed by atoms with Crippen molar-refractivity contribution in [3.8, 4) is 5.75 Å². The molecule has 0 saturated carbocycles. The molecule has 6 nitrogen and oxygen atoms in total. The predicted octanol–water partition coefficient (Wildman–Crippen LogP) is 5.05. The lowest BCUT2D eigenvalue weighted by Crippen LogP contribution is -2.44. The number of anilines is 2. The van der Waals surface area contributed by atoms with E-state index in [-0.39, 0.29) is 5.91 Å². The van der Waals surface area contributed by atoms with Gasteiger partial charge in [0.1, 0.15) is 5.75 Å². The normalized spacial score (nSPS) is 23.2. The van der Waals surface area contributed by atoms with Crippen LogP contribution in [0.3, 0.4) is 0 Å². The van der Waals surface area contributed by atoms with E-state index in [0.717, 1.165) is 42.1 Å². The molecule has 2 aliphatic heterocycles. The minimum atomic E-state index is -0.680. The lowest BCUT2D eigenvalue weighted by atomic mass is 9.97. The molecule has 178 valence electrons. The van der Waals surface area contributed by atoms with Gasteiger partial charge < -0.3 is 14.5 Å².